The third kappa shape index (κ3) is 12.6. The number of carbonyl (C=O) groups is 3. The number of rotatable bonds is 20. The van der Waals surface area contributed by atoms with Crippen molar-refractivity contribution < 1.29 is 75.4 Å². The van der Waals surface area contributed by atoms with E-state index in [1.54, 1.807) is 11.9 Å². The van der Waals surface area contributed by atoms with E-state index < -0.39 is 72.2 Å². The number of anilines is 2. The van der Waals surface area contributed by atoms with E-state index in [1.165, 1.54) is 16.5 Å². The Morgan fingerprint density at radius 2 is 1.71 bits per heavy atom. The first-order valence-corrected chi connectivity index (χ1v) is 29.2. The lowest BCUT2D eigenvalue weighted by atomic mass is 9.68. The molecule has 0 radical (unpaired) electrons. The second-order valence-corrected chi connectivity index (χ2v) is 24.0. The Hall–Kier alpha value is -6.18. The summed E-state index contributed by atoms with van der Waals surface area (Å²) < 4.78 is 62.4. The number of aliphatic hydroxyl groups is 1. The number of fused-ring (bicyclic) bond motifs is 4. The van der Waals surface area contributed by atoms with Crippen molar-refractivity contribution in [2.45, 2.75) is 76.4 Å². The van der Waals surface area contributed by atoms with Crippen LogP contribution in [0.2, 0.25) is 0 Å². The molecule has 6 atom stereocenters. The first kappa shape index (κ1) is 58.0. The average Bonchev–Trinajstić information content (AvgIpc) is 3.95. The first-order chi connectivity index (χ1) is 36.7. The summed E-state index contributed by atoms with van der Waals surface area (Å²) >= 11 is 0. The maximum absolute atomic E-state index is 14.5. The van der Waals surface area contributed by atoms with Crippen molar-refractivity contribution >= 4 is 69.7 Å². The molecule has 1 aliphatic carbocycles. The molecule has 420 valence electrons. The van der Waals surface area contributed by atoms with E-state index >= 15 is 0 Å². The van der Waals surface area contributed by atoms with Gasteiger partial charge in [0.15, 0.2) is 23.5 Å². The van der Waals surface area contributed by atoms with Gasteiger partial charge in [-0.15, -0.1) is 0 Å². The zero-order chi connectivity index (χ0) is 56.6. The summed E-state index contributed by atoms with van der Waals surface area (Å²) in [6, 6.07) is 18.8. The SMILES string of the molecule is CC[N+]1=c2cc3c(cc2CCC1)=C(c1ccccc1C(=O)N(C)CCCC(=O)NCCNC(=O)O[C@H]1[C@@H](O)[C@H](n2cnc4c(=O)[nH]c(N)nc42)O[C@@H]1COP(=O)(O)OP(=O)(O)OP(=O)(O)O)c1ccc(N(C)C)cc1C3(C)C. The van der Waals surface area contributed by atoms with Gasteiger partial charge in [-0.3, -0.25) is 28.5 Å². The minimum Gasteiger partial charge on any atom is -0.440 e. The number of nitrogen functional groups attached to an aromatic ring is 1. The van der Waals surface area contributed by atoms with Crippen LogP contribution >= 0.6 is 23.5 Å². The molecule has 78 heavy (non-hydrogen) atoms. The molecular weight excluding hydrogens is 1080 g/mol. The zero-order valence-electron chi connectivity index (χ0n) is 43.4. The summed E-state index contributed by atoms with van der Waals surface area (Å²) in [5.74, 6) is -0.956. The van der Waals surface area contributed by atoms with Gasteiger partial charge in [-0.1, -0.05) is 38.1 Å². The molecule has 0 spiro atoms. The molecular formula is C48H62N10O17P3+. The number of aromatic amines is 1. The lowest BCUT2D eigenvalue weighted by Crippen LogP contribution is -2.43. The molecule has 1 saturated heterocycles. The van der Waals surface area contributed by atoms with E-state index in [1.807, 2.05) is 38.4 Å². The smallest absolute Gasteiger partial charge is 0.440 e. The number of aryl methyl sites for hydroxylation is 1. The van der Waals surface area contributed by atoms with Crippen LogP contribution in [0.4, 0.5) is 16.4 Å². The predicted molar refractivity (Wildman–Crippen MR) is 281 cm³/mol. The maximum Gasteiger partial charge on any atom is 0.490 e. The number of alkyl carbamates (subject to hydrolysis) is 1. The summed E-state index contributed by atoms with van der Waals surface area (Å²) in [6.45, 7) is 7.37. The molecule has 1 fully saturated rings. The summed E-state index contributed by atoms with van der Waals surface area (Å²) in [5.41, 5.74) is 12.2. The minimum absolute atomic E-state index is 0.0185. The number of aliphatic hydroxyl groups excluding tert-OH is 1. The van der Waals surface area contributed by atoms with Gasteiger partial charge < -0.3 is 60.3 Å². The number of amides is 3. The maximum atomic E-state index is 14.5. The van der Waals surface area contributed by atoms with E-state index in [4.69, 9.17) is 29.5 Å². The number of nitrogens with one attached hydrogen (secondary N) is 3. The number of nitrogens with zero attached hydrogens (tertiary/aromatic N) is 6. The number of hydrogen-bond acceptors (Lipinski definition) is 17. The molecule has 8 rings (SSSR count). The monoisotopic (exact) mass is 1140 g/mol. The number of phosphoric ester groups is 1. The summed E-state index contributed by atoms with van der Waals surface area (Å²) in [4.78, 5) is 104. The van der Waals surface area contributed by atoms with E-state index in [0.717, 1.165) is 70.0 Å². The van der Waals surface area contributed by atoms with Crippen molar-refractivity contribution in [3.8, 4) is 0 Å². The first-order valence-electron chi connectivity index (χ1n) is 24.7. The van der Waals surface area contributed by atoms with E-state index in [9.17, 15) is 47.8 Å². The lowest BCUT2D eigenvalue weighted by Gasteiger charge is -2.36. The van der Waals surface area contributed by atoms with Crippen molar-refractivity contribution in [2.24, 2.45) is 0 Å². The number of aromatic nitrogens is 4. The molecule has 0 bridgehead atoms. The van der Waals surface area contributed by atoms with E-state index in [2.05, 4.69) is 94.8 Å². The molecule has 3 aliphatic rings. The van der Waals surface area contributed by atoms with Crippen LogP contribution in [0.15, 0.2) is 65.7 Å². The number of benzene rings is 3. The van der Waals surface area contributed by atoms with Gasteiger partial charge in [-0.25, -0.2) is 28.0 Å². The lowest BCUT2D eigenvalue weighted by molar-refractivity contribution is -0.121. The van der Waals surface area contributed by atoms with Crippen LogP contribution in [0.5, 0.6) is 0 Å². The third-order valence-corrected chi connectivity index (χ3v) is 17.5. The quantitative estimate of drug-likeness (QED) is 0.0303. The molecule has 3 amide bonds. The minimum atomic E-state index is -5.92. The topological polar surface area (TPSA) is 373 Å². The zero-order valence-corrected chi connectivity index (χ0v) is 46.1. The van der Waals surface area contributed by atoms with Crippen molar-refractivity contribution in [3.05, 3.63) is 115 Å². The molecule has 30 heteroatoms. The standard InChI is InChI=1S/C48H61N10O17P3/c1-7-57-21-10-12-27-22-32-34(24-35(27)57)48(2,3)33-23-28(55(4)5)16-17-31(33)38(32)29-13-8-9-14-30(29)44(62)56(6)20-11-15-37(59)50-18-19-51-47(63)73-41-36(25-71-77(67,68)75-78(69,70)74-76(64,65)66)72-45(40(41)60)58-26-52-39-42(58)53-46(49)54-43(39)61/h8-9,13-14,16-17,22-24,26,36,40-41,45,60H,7,10-12,15,18-21,25H2,1-6H3,(H8-,49,50,51,53,54,59,61,63,64,65,66,67,68,69,70)/p+1/t36-,40-,41-,45-/m1/s1. The van der Waals surface area contributed by atoms with Crippen molar-refractivity contribution in [2.75, 3.05) is 71.1 Å². The van der Waals surface area contributed by atoms with Crippen LogP contribution in [0.3, 0.4) is 0 Å². The largest absolute Gasteiger partial charge is 0.490 e. The number of H-pyrrole nitrogens is 1. The molecule has 0 saturated carbocycles. The van der Waals surface area contributed by atoms with Crippen molar-refractivity contribution in [3.63, 3.8) is 0 Å². The summed E-state index contributed by atoms with van der Waals surface area (Å²) in [6.07, 6.45) is -4.82. The van der Waals surface area contributed by atoms with Crippen LogP contribution in [0.1, 0.15) is 84.4 Å². The Balaban J connectivity index is 0.899. The van der Waals surface area contributed by atoms with Crippen molar-refractivity contribution in [1.82, 2.24) is 39.6 Å². The number of nitrogens with two attached hydrogens (primary N) is 1. The Morgan fingerprint density at radius 1 is 0.974 bits per heavy atom. The highest BCUT2D eigenvalue weighted by molar-refractivity contribution is 7.66. The van der Waals surface area contributed by atoms with Gasteiger partial charge in [0.25, 0.3) is 11.5 Å². The summed E-state index contributed by atoms with van der Waals surface area (Å²) in [5, 5.41) is 18.8. The normalized spacial score (nSPS) is 20.2. The van der Waals surface area contributed by atoms with Crippen LogP contribution in [-0.2, 0) is 52.9 Å². The van der Waals surface area contributed by atoms with Gasteiger partial charge in [0, 0.05) is 81.9 Å². The fraction of sp³-hybridized carbons (Fsp3) is 0.438. The Bertz CT molecular complexity index is 3510. The van der Waals surface area contributed by atoms with Crippen LogP contribution in [-0.4, -0.2) is 146 Å². The fourth-order valence-corrected chi connectivity index (χ4v) is 13.0. The number of ether oxygens (including phenoxy) is 2. The molecule has 4 heterocycles. The van der Waals surface area contributed by atoms with Gasteiger partial charge in [-0.05, 0) is 77.1 Å². The van der Waals surface area contributed by atoms with Crippen LogP contribution in [0, 0.1) is 0 Å². The average molecular weight is 1140 g/mol. The molecule has 2 aliphatic heterocycles. The second-order valence-electron chi connectivity index (χ2n) is 19.6. The van der Waals surface area contributed by atoms with Gasteiger partial charge in [0.2, 0.25) is 17.2 Å². The second kappa shape index (κ2) is 22.9. The number of imidazole rings is 1. The Labute approximate surface area is 446 Å². The highest BCUT2D eigenvalue weighted by Gasteiger charge is 2.50. The van der Waals surface area contributed by atoms with E-state index in [0.29, 0.717) is 12.0 Å². The third-order valence-electron chi connectivity index (χ3n) is 13.7. The highest BCUT2D eigenvalue weighted by Crippen LogP contribution is 2.66. The van der Waals surface area contributed by atoms with Crippen LogP contribution < -0.4 is 42.0 Å². The predicted octanol–water partition coefficient (Wildman–Crippen LogP) is 1.48. The molecule has 2 unspecified atom stereocenters. The molecule has 5 aromatic rings. The fourth-order valence-electron chi connectivity index (χ4n) is 10.0. The molecule has 2 aromatic heterocycles. The number of carbonyl (C=O) groups excluding carboxylic acids is 3. The molecule has 10 N–H and O–H groups in total. The van der Waals surface area contributed by atoms with Gasteiger partial charge in [0.05, 0.1) is 12.9 Å². The van der Waals surface area contributed by atoms with Gasteiger partial charge >= 0.3 is 29.6 Å². The molecule has 3 aromatic carbocycles. The Kier molecular flexibility index (Phi) is 17.0. The van der Waals surface area contributed by atoms with Gasteiger partial charge in [0.1, 0.15) is 25.3 Å². The van der Waals surface area contributed by atoms with E-state index in [-0.39, 0.29) is 54.5 Å². The van der Waals surface area contributed by atoms with Gasteiger partial charge in [-0.2, -0.15) is 13.6 Å². The highest BCUT2D eigenvalue weighted by atomic mass is 31.3. The number of hydrogen-bond donors (Lipinski definition) is 9. The van der Waals surface area contributed by atoms with Crippen LogP contribution in [0.25, 0.3) is 16.7 Å². The number of phosphoric acid groups is 3. The molecule has 27 nitrogen and oxygen atoms in total. The summed E-state index contributed by atoms with van der Waals surface area (Å²) in [7, 11) is -11.6. The van der Waals surface area contributed by atoms with Crippen molar-refractivity contribution in [1.29, 1.82) is 0 Å². The Morgan fingerprint density at radius 3 is 2.42 bits per heavy atom.